The number of hydrogen-bond acceptors (Lipinski definition) is 7. The van der Waals surface area contributed by atoms with Crippen molar-refractivity contribution in [3.05, 3.63) is 84.2 Å². The highest BCUT2D eigenvalue weighted by Gasteiger charge is 2.20. The molecule has 5 rings (SSSR count). The molecule has 0 amide bonds. The van der Waals surface area contributed by atoms with Crippen LogP contribution >= 0.6 is 0 Å². The molecular weight excluding hydrogens is 405 g/mol. The molecule has 1 N–H and O–H groups in total. The Hall–Kier alpha value is -3.65. The number of fused-ring (bicyclic) bond motifs is 1. The third kappa shape index (κ3) is 4.65. The highest BCUT2D eigenvalue weighted by atomic mass is 19.1. The van der Waals surface area contributed by atoms with Gasteiger partial charge >= 0.3 is 0 Å². The lowest BCUT2D eigenvalue weighted by Crippen LogP contribution is -2.46. The van der Waals surface area contributed by atoms with E-state index >= 15 is 0 Å². The van der Waals surface area contributed by atoms with Gasteiger partial charge in [-0.25, -0.2) is 24.3 Å². The summed E-state index contributed by atoms with van der Waals surface area (Å²) in [5.74, 6) is 2.13. The van der Waals surface area contributed by atoms with Crippen LogP contribution in [0.1, 0.15) is 11.4 Å². The molecule has 0 spiro atoms. The molecule has 1 aliphatic rings. The molecule has 0 saturated carbocycles. The lowest BCUT2D eigenvalue weighted by atomic mass is 10.2. The Kier molecular flexibility index (Phi) is 5.85. The third-order valence-electron chi connectivity index (χ3n) is 5.60. The van der Waals surface area contributed by atoms with Crippen molar-refractivity contribution in [1.82, 2.24) is 24.8 Å². The summed E-state index contributed by atoms with van der Waals surface area (Å²) in [6, 6.07) is 16.3. The van der Waals surface area contributed by atoms with Crippen LogP contribution in [0.4, 0.5) is 16.2 Å². The minimum Gasteiger partial charge on any atom is -0.365 e. The van der Waals surface area contributed by atoms with Crippen molar-refractivity contribution in [2.24, 2.45) is 0 Å². The number of para-hydroxylation sites is 1. The summed E-state index contributed by atoms with van der Waals surface area (Å²) in [6.45, 7) is 4.77. The molecule has 4 aromatic rings. The van der Waals surface area contributed by atoms with Gasteiger partial charge in [0, 0.05) is 50.5 Å². The van der Waals surface area contributed by atoms with Crippen molar-refractivity contribution in [2.75, 3.05) is 36.4 Å². The van der Waals surface area contributed by atoms with Crippen LogP contribution < -0.4 is 10.2 Å². The molecule has 0 atom stereocenters. The van der Waals surface area contributed by atoms with Crippen molar-refractivity contribution in [2.45, 2.75) is 13.1 Å². The average molecular weight is 430 g/mol. The minimum atomic E-state index is -0.234. The highest BCUT2D eigenvalue weighted by Crippen LogP contribution is 2.22. The van der Waals surface area contributed by atoms with E-state index in [1.54, 1.807) is 24.5 Å². The second-order valence-corrected chi connectivity index (χ2v) is 7.80. The van der Waals surface area contributed by atoms with Gasteiger partial charge < -0.3 is 10.2 Å². The molecule has 3 heterocycles. The number of aromatic nitrogens is 4. The Morgan fingerprint density at radius 1 is 0.844 bits per heavy atom. The zero-order valence-corrected chi connectivity index (χ0v) is 17.7. The Labute approximate surface area is 186 Å². The zero-order chi connectivity index (χ0) is 21.8. The van der Waals surface area contributed by atoms with E-state index in [2.05, 4.69) is 25.1 Å². The molecule has 32 heavy (non-hydrogen) atoms. The largest absolute Gasteiger partial charge is 0.365 e. The fraction of sp³-hybridized carbons (Fsp3) is 0.250. The first kappa shape index (κ1) is 20.3. The van der Waals surface area contributed by atoms with Crippen molar-refractivity contribution in [3.63, 3.8) is 0 Å². The van der Waals surface area contributed by atoms with Gasteiger partial charge in [0.25, 0.3) is 0 Å². The van der Waals surface area contributed by atoms with Crippen molar-refractivity contribution in [3.8, 4) is 0 Å². The minimum absolute atomic E-state index is 0.234. The average Bonchev–Trinajstić information content (AvgIpc) is 2.84. The topological polar surface area (TPSA) is 70.1 Å². The van der Waals surface area contributed by atoms with E-state index in [1.807, 2.05) is 30.3 Å². The number of piperazine rings is 1. The number of benzene rings is 2. The molecule has 2 aromatic carbocycles. The SMILES string of the molecule is Fc1ccc(CNc2nc(CN3CCN(c4ncccn4)CC3)nc3ccccc23)cc1. The van der Waals surface area contributed by atoms with Crippen molar-refractivity contribution in [1.29, 1.82) is 0 Å². The number of nitrogens with one attached hydrogen (secondary N) is 1. The lowest BCUT2D eigenvalue weighted by Gasteiger charge is -2.34. The number of halogens is 1. The van der Waals surface area contributed by atoms with Gasteiger partial charge in [0.05, 0.1) is 12.1 Å². The van der Waals surface area contributed by atoms with Crippen LogP contribution in [0.5, 0.6) is 0 Å². The van der Waals surface area contributed by atoms with Crippen molar-refractivity contribution >= 4 is 22.7 Å². The molecule has 1 saturated heterocycles. The van der Waals surface area contributed by atoms with Crippen LogP contribution in [0.25, 0.3) is 10.9 Å². The van der Waals surface area contributed by atoms with Crippen LogP contribution in [0.3, 0.4) is 0 Å². The van der Waals surface area contributed by atoms with Gasteiger partial charge in [-0.15, -0.1) is 0 Å². The van der Waals surface area contributed by atoms with Crippen LogP contribution in [0, 0.1) is 5.82 Å². The summed E-state index contributed by atoms with van der Waals surface area (Å²) in [7, 11) is 0. The van der Waals surface area contributed by atoms with E-state index in [4.69, 9.17) is 9.97 Å². The van der Waals surface area contributed by atoms with E-state index < -0.39 is 0 Å². The van der Waals surface area contributed by atoms with Crippen LogP contribution in [-0.2, 0) is 13.1 Å². The van der Waals surface area contributed by atoms with E-state index in [1.165, 1.54) is 12.1 Å². The van der Waals surface area contributed by atoms with Gasteiger partial charge in [0.15, 0.2) is 0 Å². The monoisotopic (exact) mass is 429 g/mol. The maximum atomic E-state index is 13.2. The van der Waals surface area contributed by atoms with Crippen LogP contribution in [-0.4, -0.2) is 51.0 Å². The number of rotatable bonds is 6. The highest BCUT2D eigenvalue weighted by molar-refractivity contribution is 5.88. The molecule has 162 valence electrons. The van der Waals surface area contributed by atoms with Gasteiger partial charge in [-0.1, -0.05) is 24.3 Å². The molecule has 1 fully saturated rings. The fourth-order valence-electron chi connectivity index (χ4n) is 3.88. The van der Waals surface area contributed by atoms with E-state index in [0.717, 1.165) is 60.2 Å². The molecule has 0 bridgehead atoms. The zero-order valence-electron chi connectivity index (χ0n) is 17.7. The summed E-state index contributed by atoms with van der Waals surface area (Å²) in [5.41, 5.74) is 1.91. The van der Waals surface area contributed by atoms with Crippen LogP contribution in [0.2, 0.25) is 0 Å². The normalized spacial score (nSPS) is 14.6. The molecule has 0 unspecified atom stereocenters. The Morgan fingerprint density at radius 2 is 1.59 bits per heavy atom. The summed E-state index contributed by atoms with van der Waals surface area (Å²) in [4.78, 5) is 22.9. The van der Waals surface area contributed by atoms with Gasteiger partial charge in [-0.3, -0.25) is 4.90 Å². The summed E-state index contributed by atoms with van der Waals surface area (Å²) in [6.07, 6.45) is 3.55. The van der Waals surface area contributed by atoms with Gasteiger partial charge in [-0.2, -0.15) is 0 Å². The van der Waals surface area contributed by atoms with Gasteiger partial charge in [0.2, 0.25) is 5.95 Å². The Balaban J connectivity index is 1.29. The lowest BCUT2D eigenvalue weighted by molar-refractivity contribution is 0.243. The molecule has 0 radical (unpaired) electrons. The predicted octanol–water partition coefficient (Wildman–Crippen LogP) is 3.49. The molecule has 0 aliphatic carbocycles. The molecule has 7 nitrogen and oxygen atoms in total. The third-order valence-corrected chi connectivity index (χ3v) is 5.60. The van der Waals surface area contributed by atoms with E-state index in [9.17, 15) is 4.39 Å². The summed E-state index contributed by atoms with van der Waals surface area (Å²) in [5, 5.41) is 4.39. The number of nitrogens with zero attached hydrogens (tertiary/aromatic N) is 6. The van der Waals surface area contributed by atoms with Crippen LogP contribution in [0.15, 0.2) is 67.0 Å². The summed E-state index contributed by atoms with van der Waals surface area (Å²) >= 11 is 0. The maximum absolute atomic E-state index is 13.2. The quantitative estimate of drug-likeness (QED) is 0.503. The maximum Gasteiger partial charge on any atom is 0.225 e. The number of anilines is 2. The summed E-state index contributed by atoms with van der Waals surface area (Å²) < 4.78 is 13.2. The predicted molar refractivity (Wildman–Crippen MR) is 123 cm³/mol. The van der Waals surface area contributed by atoms with Gasteiger partial charge in [-0.05, 0) is 35.9 Å². The first-order valence-electron chi connectivity index (χ1n) is 10.7. The Morgan fingerprint density at radius 3 is 2.38 bits per heavy atom. The van der Waals surface area contributed by atoms with Gasteiger partial charge in [0.1, 0.15) is 17.5 Å². The first-order valence-corrected chi connectivity index (χ1v) is 10.7. The molecular formula is C24H24FN7. The molecule has 8 heteroatoms. The fourth-order valence-corrected chi connectivity index (χ4v) is 3.88. The Bertz CT molecular complexity index is 1180. The van der Waals surface area contributed by atoms with E-state index in [0.29, 0.717) is 13.1 Å². The number of hydrogen-bond donors (Lipinski definition) is 1. The van der Waals surface area contributed by atoms with Crippen molar-refractivity contribution < 1.29 is 4.39 Å². The van der Waals surface area contributed by atoms with E-state index in [-0.39, 0.29) is 5.82 Å². The smallest absolute Gasteiger partial charge is 0.225 e. The molecule has 1 aliphatic heterocycles. The second-order valence-electron chi connectivity index (χ2n) is 7.80. The first-order chi connectivity index (χ1) is 15.7. The standard InChI is InChI=1S/C24H24FN7/c25-19-8-6-18(7-9-19)16-28-23-20-4-1-2-5-21(20)29-22(30-23)17-31-12-14-32(15-13-31)24-26-10-3-11-27-24/h1-11H,12-17H2,(H,28,29,30). The second kappa shape index (κ2) is 9.23. The molecule has 2 aromatic heterocycles.